The number of benzene rings is 1. The lowest BCUT2D eigenvalue weighted by molar-refractivity contribution is 0.0931. The van der Waals surface area contributed by atoms with Crippen LogP contribution < -0.4 is 10.1 Å². The summed E-state index contributed by atoms with van der Waals surface area (Å²) in [6.07, 6.45) is 0.802. The predicted molar refractivity (Wildman–Crippen MR) is 82.6 cm³/mol. The molecule has 2 unspecified atom stereocenters. The molecule has 1 aromatic carbocycles. The van der Waals surface area contributed by atoms with Gasteiger partial charge in [0.25, 0.3) is 5.91 Å². The highest BCUT2D eigenvalue weighted by molar-refractivity contribution is 5.94. The van der Waals surface area contributed by atoms with Crippen molar-refractivity contribution in [3.63, 3.8) is 0 Å². The van der Waals surface area contributed by atoms with E-state index in [2.05, 4.69) is 11.4 Å². The first-order valence-corrected chi connectivity index (χ1v) is 7.46. The third-order valence-electron chi connectivity index (χ3n) is 3.40. The highest BCUT2D eigenvalue weighted by Gasteiger charge is 2.27. The monoisotopic (exact) mass is 302 g/mol. The number of hydrogen-bond acceptors (Lipinski definition) is 4. The Kier molecular flexibility index (Phi) is 5.04. The molecule has 1 amide bonds. The summed E-state index contributed by atoms with van der Waals surface area (Å²) in [7, 11) is 0. The van der Waals surface area contributed by atoms with E-state index in [-0.39, 0.29) is 17.4 Å². The number of ether oxygens (including phenoxy) is 2. The van der Waals surface area contributed by atoms with Crippen LogP contribution in [0.4, 0.5) is 0 Å². The zero-order valence-corrected chi connectivity index (χ0v) is 13.3. The molecule has 0 bridgehead atoms. The fourth-order valence-corrected chi connectivity index (χ4v) is 2.32. The minimum Gasteiger partial charge on any atom is -0.488 e. The van der Waals surface area contributed by atoms with E-state index in [1.54, 1.807) is 24.3 Å². The molecule has 0 aromatic heterocycles. The maximum Gasteiger partial charge on any atom is 0.252 e. The topological polar surface area (TPSA) is 71.3 Å². The van der Waals surface area contributed by atoms with Crippen LogP contribution in [0.2, 0.25) is 0 Å². The van der Waals surface area contributed by atoms with Gasteiger partial charge in [-0.25, -0.2) is 0 Å². The molecule has 1 aromatic rings. The van der Waals surface area contributed by atoms with Crippen molar-refractivity contribution < 1.29 is 14.3 Å². The van der Waals surface area contributed by atoms with Gasteiger partial charge in [0.15, 0.2) is 0 Å². The number of hydrogen-bond donors (Lipinski definition) is 1. The van der Waals surface area contributed by atoms with Crippen LogP contribution in [-0.4, -0.2) is 30.8 Å². The summed E-state index contributed by atoms with van der Waals surface area (Å²) in [6, 6.07) is 8.57. The van der Waals surface area contributed by atoms with Crippen molar-refractivity contribution in [3.8, 4) is 11.8 Å². The first-order valence-electron chi connectivity index (χ1n) is 7.46. The molecule has 22 heavy (non-hydrogen) atoms. The van der Waals surface area contributed by atoms with Crippen LogP contribution in [0.25, 0.3) is 0 Å². The molecule has 5 heteroatoms. The zero-order chi connectivity index (χ0) is 16.2. The summed E-state index contributed by atoms with van der Waals surface area (Å²) in [5.74, 6) is 0.531. The van der Waals surface area contributed by atoms with Crippen LogP contribution in [0.15, 0.2) is 24.3 Å². The highest BCUT2D eigenvalue weighted by atomic mass is 16.5. The molecule has 0 spiro atoms. The molecular weight excluding hydrogens is 280 g/mol. The number of nitrogens with one attached hydrogen (secondary N) is 1. The Balaban J connectivity index is 1.98. The van der Waals surface area contributed by atoms with Gasteiger partial charge in [-0.3, -0.25) is 4.79 Å². The lowest BCUT2D eigenvalue weighted by Gasteiger charge is -2.21. The summed E-state index contributed by atoms with van der Waals surface area (Å²) in [4.78, 5) is 12.2. The highest BCUT2D eigenvalue weighted by Crippen LogP contribution is 2.20. The molecule has 1 aliphatic heterocycles. The van der Waals surface area contributed by atoms with Gasteiger partial charge in [-0.05, 0) is 51.5 Å². The Morgan fingerprint density at radius 2 is 2.09 bits per heavy atom. The van der Waals surface area contributed by atoms with Gasteiger partial charge >= 0.3 is 0 Å². The van der Waals surface area contributed by atoms with Gasteiger partial charge < -0.3 is 14.8 Å². The molecular formula is C17H22N2O3. The predicted octanol–water partition coefficient (Wildman–Crippen LogP) is 2.52. The van der Waals surface area contributed by atoms with E-state index < -0.39 is 6.04 Å². The first-order chi connectivity index (χ1) is 10.4. The Morgan fingerprint density at radius 1 is 1.41 bits per heavy atom. The molecule has 1 N–H and O–H groups in total. The van der Waals surface area contributed by atoms with E-state index in [1.165, 1.54) is 0 Å². The lowest BCUT2D eigenvalue weighted by Crippen LogP contribution is -2.39. The van der Waals surface area contributed by atoms with Gasteiger partial charge in [-0.1, -0.05) is 0 Å². The van der Waals surface area contributed by atoms with E-state index in [0.29, 0.717) is 24.5 Å². The van der Waals surface area contributed by atoms with Crippen LogP contribution in [0.5, 0.6) is 5.75 Å². The van der Waals surface area contributed by atoms with E-state index in [1.807, 2.05) is 20.8 Å². The molecule has 1 saturated heterocycles. The van der Waals surface area contributed by atoms with Crippen LogP contribution in [0.1, 0.15) is 37.6 Å². The second-order valence-corrected chi connectivity index (χ2v) is 6.44. The standard InChI is InChI=1S/C17H22N2O3/c1-17(2,3)22-14-6-4-12(5-7-14)16(20)19-15(10-18)13-8-9-21-11-13/h4-7,13,15H,8-9,11H2,1-3H3,(H,19,20). The van der Waals surface area contributed by atoms with E-state index >= 15 is 0 Å². The average molecular weight is 302 g/mol. The van der Waals surface area contributed by atoms with Crippen LogP contribution in [0.3, 0.4) is 0 Å². The molecule has 0 saturated carbocycles. The SMILES string of the molecule is CC(C)(C)Oc1ccc(C(=O)NC(C#N)C2CCOC2)cc1. The minimum atomic E-state index is -0.513. The fraction of sp³-hybridized carbons (Fsp3) is 0.529. The molecule has 0 radical (unpaired) electrons. The number of carbonyl (C=O) groups is 1. The largest absolute Gasteiger partial charge is 0.488 e. The Labute approximate surface area is 131 Å². The quantitative estimate of drug-likeness (QED) is 0.927. The lowest BCUT2D eigenvalue weighted by atomic mass is 10.00. The van der Waals surface area contributed by atoms with Crippen LogP contribution in [-0.2, 0) is 4.74 Å². The molecule has 1 heterocycles. The van der Waals surface area contributed by atoms with Crippen LogP contribution >= 0.6 is 0 Å². The summed E-state index contributed by atoms with van der Waals surface area (Å²) in [6.45, 7) is 7.08. The average Bonchev–Trinajstić information content (AvgIpc) is 2.97. The van der Waals surface area contributed by atoms with E-state index in [4.69, 9.17) is 9.47 Å². The minimum absolute atomic E-state index is 0.0671. The van der Waals surface area contributed by atoms with Gasteiger partial charge in [-0.15, -0.1) is 0 Å². The van der Waals surface area contributed by atoms with Gasteiger partial charge in [0.05, 0.1) is 12.7 Å². The van der Waals surface area contributed by atoms with Gasteiger partial charge in [0.2, 0.25) is 0 Å². The van der Waals surface area contributed by atoms with E-state index in [0.717, 1.165) is 6.42 Å². The number of nitrogens with zero attached hydrogens (tertiary/aromatic N) is 1. The normalized spacial score (nSPS) is 19.3. The summed E-state index contributed by atoms with van der Waals surface area (Å²) >= 11 is 0. The first kappa shape index (κ1) is 16.3. The molecule has 118 valence electrons. The second kappa shape index (κ2) is 6.80. The summed E-state index contributed by atoms with van der Waals surface area (Å²) < 4.78 is 11.0. The fourth-order valence-electron chi connectivity index (χ4n) is 2.32. The second-order valence-electron chi connectivity index (χ2n) is 6.44. The van der Waals surface area contributed by atoms with Crippen molar-refractivity contribution in [2.45, 2.75) is 38.8 Å². The number of amides is 1. The van der Waals surface area contributed by atoms with Gasteiger partial charge in [0, 0.05) is 18.1 Å². The number of carbonyl (C=O) groups excluding carboxylic acids is 1. The molecule has 0 aliphatic carbocycles. The Hall–Kier alpha value is -2.06. The zero-order valence-electron chi connectivity index (χ0n) is 13.3. The summed E-state index contributed by atoms with van der Waals surface area (Å²) in [5.41, 5.74) is 0.235. The van der Waals surface area contributed by atoms with Crippen molar-refractivity contribution in [1.82, 2.24) is 5.32 Å². The third-order valence-corrected chi connectivity index (χ3v) is 3.40. The molecule has 2 rings (SSSR count). The van der Waals surface area contributed by atoms with E-state index in [9.17, 15) is 10.1 Å². The number of rotatable bonds is 4. The smallest absolute Gasteiger partial charge is 0.252 e. The Bertz CT molecular complexity index is 549. The van der Waals surface area contributed by atoms with Crippen molar-refractivity contribution in [2.24, 2.45) is 5.92 Å². The molecule has 5 nitrogen and oxygen atoms in total. The van der Waals surface area contributed by atoms with Gasteiger partial charge in [0.1, 0.15) is 17.4 Å². The number of nitriles is 1. The van der Waals surface area contributed by atoms with Crippen molar-refractivity contribution in [3.05, 3.63) is 29.8 Å². The maximum atomic E-state index is 12.2. The Morgan fingerprint density at radius 3 is 2.59 bits per heavy atom. The van der Waals surface area contributed by atoms with Gasteiger partial charge in [-0.2, -0.15) is 5.26 Å². The maximum absolute atomic E-state index is 12.2. The van der Waals surface area contributed by atoms with Crippen molar-refractivity contribution in [2.75, 3.05) is 13.2 Å². The third kappa shape index (κ3) is 4.47. The van der Waals surface area contributed by atoms with Crippen molar-refractivity contribution >= 4 is 5.91 Å². The van der Waals surface area contributed by atoms with Crippen molar-refractivity contribution in [1.29, 1.82) is 5.26 Å². The molecule has 1 aliphatic rings. The van der Waals surface area contributed by atoms with Crippen LogP contribution in [0, 0.1) is 17.2 Å². The molecule has 2 atom stereocenters. The summed E-state index contributed by atoms with van der Waals surface area (Å²) in [5, 5.41) is 12.0. The molecule has 1 fully saturated rings.